The van der Waals surface area contributed by atoms with E-state index >= 15 is 0 Å². The second-order valence-electron chi connectivity index (χ2n) is 3.27. The van der Waals surface area contributed by atoms with Gasteiger partial charge in [-0.05, 0) is 43.2 Å². The first-order chi connectivity index (χ1) is 7.06. The summed E-state index contributed by atoms with van der Waals surface area (Å²) in [6.45, 7) is 2.91. The van der Waals surface area contributed by atoms with Gasteiger partial charge in [0.25, 0.3) is 0 Å². The van der Waals surface area contributed by atoms with Crippen molar-refractivity contribution in [1.82, 2.24) is 0 Å². The molecule has 81 valence electrons. The van der Waals surface area contributed by atoms with Gasteiger partial charge in [0.05, 0.1) is 6.61 Å². The molecule has 0 amide bonds. The molecule has 0 aliphatic heterocycles. The van der Waals surface area contributed by atoms with Crippen LogP contribution in [0.15, 0.2) is 12.1 Å². The van der Waals surface area contributed by atoms with E-state index in [1.807, 2.05) is 0 Å². The van der Waals surface area contributed by atoms with E-state index in [0.29, 0.717) is 5.75 Å². The highest BCUT2D eigenvalue weighted by molar-refractivity contribution is 5.77. The van der Waals surface area contributed by atoms with Crippen molar-refractivity contribution in [2.45, 2.75) is 20.0 Å². The first-order valence-electron chi connectivity index (χ1n) is 4.54. The lowest BCUT2D eigenvalue weighted by Gasteiger charge is -2.11. The van der Waals surface area contributed by atoms with Gasteiger partial charge in [-0.1, -0.05) is 0 Å². The number of aliphatic hydroxyl groups is 2. The van der Waals surface area contributed by atoms with E-state index in [1.165, 1.54) is 0 Å². The van der Waals surface area contributed by atoms with E-state index in [-0.39, 0.29) is 0 Å². The molecule has 1 radical (unpaired) electrons. The maximum absolute atomic E-state index is 11.2. The molecule has 1 aromatic rings. The molecule has 0 aliphatic rings. The Morgan fingerprint density at radius 2 is 2.00 bits per heavy atom. The summed E-state index contributed by atoms with van der Waals surface area (Å²) >= 11 is 0. The SMILES string of the molecule is Cc1c[c]cc(C)c1OC(=O)C(O)CO. The van der Waals surface area contributed by atoms with E-state index in [2.05, 4.69) is 6.07 Å². The number of hydrogen-bond acceptors (Lipinski definition) is 4. The summed E-state index contributed by atoms with van der Waals surface area (Å²) in [6.07, 6.45) is -1.49. The van der Waals surface area contributed by atoms with Crippen molar-refractivity contribution in [3.05, 3.63) is 29.3 Å². The zero-order valence-corrected chi connectivity index (χ0v) is 8.65. The first-order valence-corrected chi connectivity index (χ1v) is 4.54. The van der Waals surface area contributed by atoms with Crippen LogP contribution in [-0.2, 0) is 4.79 Å². The third-order valence-corrected chi connectivity index (χ3v) is 1.96. The zero-order valence-electron chi connectivity index (χ0n) is 8.65. The van der Waals surface area contributed by atoms with Crippen molar-refractivity contribution >= 4 is 5.97 Å². The van der Waals surface area contributed by atoms with Gasteiger partial charge >= 0.3 is 5.97 Å². The lowest BCUT2D eigenvalue weighted by molar-refractivity contribution is -0.145. The molecule has 1 unspecified atom stereocenters. The fourth-order valence-corrected chi connectivity index (χ4v) is 1.14. The Kier molecular flexibility index (Phi) is 3.82. The van der Waals surface area contributed by atoms with Gasteiger partial charge in [-0.3, -0.25) is 0 Å². The predicted molar refractivity (Wildman–Crippen MR) is 53.5 cm³/mol. The average Bonchev–Trinajstić information content (AvgIpc) is 2.22. The fourth-order valence-electron chi connectivity index (χ4n) is 1.14. The van der Waals surface area contributed by atoms with Crippen molar-refractivity contribution in [2.75, 3.05) is 6.61 Å². The van der Waals surface area contributed by atoms with Crippen molar-refractivity contribution in [3.63, 3.8) is 0 Å². The Balaban J connectivity index is 2.85. The number of benzene rings is 1. The molecule has 0 fully saturated rings. The highest BCUT2D eigenvalue weighted by Gasteiger charge is 2.17. The summed E-state index contributed by atoms with van der Waals surface area (Å²) in [5.74, 6) is -0.443. The Morgan fingerprint density at radius 1 is 1.47 bits per heavy atom. The highest BCUT2D eigenvalue weighted by Crippen LogP contribution is 2.22. The van der Waals surface area contributed by atoms with E-state index in [4.69, 9.17) is 14.9 Å². The summed E-state index contributed by atoms with van der Waals surface area (Å²) in [5.41, 5.74) is 1.52. The quantitative estimate of drug-likeness (QED) is 0.557. The normalized spacial score (nSPS) is 12.3. The van der Waals surface area contributed by atoms with Crippen LogP contribution < -0.4 is 4.74 Å². The summed E-state index contributed by atoms with van der Waals surface area (Å²) in [7, 11) is 0. The van der Waals surface area contributed by atoms with E-state index in [0.717, 1.165) is 11.1 Å². The third kappa shape index (κ3) is 2.78. The minimum atomic E-state index is -1.49. The van der Waals surface area contributed by atoms with E-state index in [1.54, 1.807) is 26.0 Å². The Hall–Kier alpha value is -1.39. The molecule has 0 aliphatic carbocycles. The largest absolute Gasteiger partial charge is 0.424 e. The molecule has 1 atom stereocenters. The topological polar surface area (TPSA) is 66.8 Å². The van der Waals surface area contributed by atoms with Gasteiger partial charge in [-0.2, -0.15) is 0 Å². The minimum absolute atomic E-state index is 0.409. The second kappa shape index (κ2) is 4.91. The van der Waals surface area contributed by atoms with Gasteiger partial charge in [-0.25, -0.2) is 4.79 Å². The van der Waals surface area contributed by atoms with E-state index < -0.39 is 18.7 Å². The molecular weight excluding hydrogens is 196 g/mol. The van der Waals surface area contributed by atoms with Crippen LogP contribution in [0.5, 0.6) is 5.75 Å². The summed E-state index contributed by atoms with van der Waals surface area (Å²) < 4.78 is 4.96. The first kappa shape index (κ1) is 11.7. The zero-order chi connectivity index (χ0) is 11.4. The Bertz CT molecular complexity index is 339. The second-order valence-corrected chi connectivity index (χ2v) is 3.27. The maximum atomic E-state index is 11.2. The molecule has 1 rings (SSSR count). The molecule has 0 aromatic heterocycles. The van der Waals surface area contributed by atoms with Gasteiger partial charge in [0, 0.05) is 0 Å². The molecule has 0 heterocycles. The summed E-state index contributed by atoms with van der Waals surface area (Å²) in [5, 5.41) is 17.6. The molecule has 4 nitrogen and oxygen atoms in total. The van der Waals surface area contributed by atoms with Crippen molar-refractivity contribution in [1.29, 1.82) is 0 Å². The standard InChI is InChI=1S/C11H13O4/c1-7-4-3-5-8(2)10(7)15-11(14)9(13)6-12/h4-5,9,12-13H,6H2,1-2H3. The molecule has 15 heavy (non-hydrogen) atoms. The predicted octanol–water partition coefficient (Wildman–Crippen LogP) is 0.362. The lowest BCUT2D eigenvalue weighted by atomic mass is 10.1. The van der Waals surface area contributed by atoms with Crippen LogP contribution >= 0.6 is 0 Å². The van der Waals surface area contributed by atoms with E-state index in [9.17, 15) is 4.79 Å². The van der Waals surface area contributed by atoms with Crippen LogP contribution in [0.2, 0.25) is 0 Å². The van der Waals surface area contributed by atoms with Gasteiger partial charge in [0.2, 0.25) is 0 Å². The average molecular weight is 209 g/mol. The van der Waals surface area contributed by atoms with Gasteiger partial charge in [-0.15, -0.1) is 0 Å². The number of carbonyl (C=O) groups is 1. The highest BCUT2D eigenvalue weighted by atomic mass is 16.6. The number of rotatable bonds is 3. The molecule has 0 spiro atoms. The lowest BCUT2D eigenvalue weighted by Crippen LogP contribution is -2.29. The fraction of sp³-hybridized carbons (Fsp3) is 0.364. The molecule has 0 saturated heterocycles. The van der Waals surface area contributed by atoms with Gasteiger partial charge in [0.15, 0.2) is 6.10 Å². The Labute approximate surface area is 88.1 Å². The number of esters is 1. The van der Waals surface area contributed by atoms with Crippen LogP contribution in [0, 0.1) is 19.9 Å². The van der Waals surface area contributed by atoms with Crippen LogP contribution in [0.3, 0.4) is 0 Å². The van der Waals surface area contributed by atoms with Crippen LogP contribution in [0.1, 0.15) is 11.1 Å². The number of ether oxygens (including phenoxy) is 1. The molecule has 0 saturated carbocycles. The monoisotopic (exact) mass is 209 g/mol. The van der Waals surface area contributed by atoms with Crippen molar-refractivity contribution in [2.24, 2.45) is 0 Å². The number of carbonyl (C=O) groups excluding carboxylic acids is 1. The number of aliphatic hydroxyl groups excluding tert-OH is 2. The minimum Gasteiger partial charge on any atom is -0.424 e. The third-order valence-electron chi connectivity index (χ3n) is 1.96. The van der Waals surface area contributed by atoms with Gasteiger partial charge in [0.1, 0.15) is 5.75 Å². The van der Waals surface area contributed by atoms with Gasteiger partial charge < -0.3 is 14.9 Å². The maximum Gasteiger partial charge on any atom is 0.342 e. The summed E-state index contributed by atoms with van der Waals surface area (Å²) in [6, 6.07) is 6.25. The van der Waals surface area contributed by atoms with Crippen LogP contribution in [0.4, 0.5) is 0 Å². The molecule has 1 aromatic carbocycles. The molecule has 0 bridgehead atoms. The molecular formula is C11H13O4. The molecule has 4 heteroatoms. The van der Waals surface area contributed by atoms with Crippen LogP contribution in [0.25, 0.3) is 0 Å². The van der Waals surface area contributed by atoms with Crippen molar-refractivity contribution in [3.8, 4) is 5.75 Å². The Morgan fingerprint density at radius 3 is 2.47 bits per heavy atom. The van der Waals surface area contributed by atoms with Crippen molar-refractivity contribution < 1.29 is 19.7 Å². The number of aryl methyl sites for hydroxylation is 2. The van der Waals surface area contributed by atoms with Crippen LogP contribution in [-0.4, -0.2) is 28.9 Å². The number of hydrogen-bond donors (Lipinski definition) is 2. The molecule has 2 N–H and O–H groups in total. The summed E-state index contributed by atoms with van der Waals surface area (Å²) in [4.78, 5) is 11.2. The smallest absolute Gasteiger partial charge is 0.342 e.